The van der Waals surface area contributed by atoms with Crippen LogP contribution in [0.2, 0.25) is 0 Å². The first-order valence-corrected chi connectivity index (χ1v) is 9.34. The van der Waals surface area contributed by atoms with Crippen molar-refractivity contribution in [3.05, 3.63) is 35.4 Å². The number of piperidine rings is 1. The molecular weight excluding hydrogens is 338 g/mol. The number of nitrogens with zero attached hydrogens (tertiary/aromatic N) is 2. The van der Waals surface area contributed by atoms with Gasteiger partial charge in [0.1, 0.15) is 11.6 Å². The van der Waals surface area contributed by atoms with Crippen molar-refractivity contribution in [2.24, 2.45) is 5.41 Å². The molecule has 1 N–H and O–H groups in total. The molecule has 1 aliphatic carbocycles. The van der Waals surface area contributed by atoms with Crippen LogP contribution in [0.4, 0.5) is 8.78 Å². The van der Waals surface area contributed by atoms with Crippen LogP contribution in [0.1, 0.15) is 48.9 Å². The molecule has 144 valence electrons. The third kappa shape index (κ3) is 4.07. The lowest BCUT2D eigenvalue weighted by atomic mass is 9.64. The number of amides is 1. The van der Waals surface area contributed by atoms with Crippen LogP contribution in [0, 0.1) is 17.0 Å². The summed E-state index contributed by atoms with van der Waals surface area (Å²) >= 11 is 0. The van der Waals surface area contributed by atoms with E-state index in [9.17, 15) is 18.7 Å². The van der Waals surface area contributed by atoms with Gasteiger partial charge in [0.2, 0.25) is 0 Å². The molecule has 1 aromatic rings. The maximum Gasteiger partial charge on any atom is 0.256 e. The van der Waals surface area contributed by atoms with Crippen molar-refractivity contribution in [1.29, 1.82) is 0 Å². The van der Waals surface area contributed by atoms with Gasteiger partial charge in [-0.2, -0.15) is 0 Å². The number of carbonyl (C=O) groups excluding carboxylic acids is 1. The summed E-state index contributed by atoms with van der Waals surface area (Å²) in [6.07, 6.45) is 5.16. The number of benzene rings is 1. The van der Waals surface area contributed by atoms with Crippen molar-refractivity contribution in [3.8, 4) is 0 Å². The zero-order chi connectivity index (χ0) is 18.9. The van der Waals surface area contributed by atoms with Crippen LogP contribution in [0.5, 0.6) is 0 Å². The van der Waals surface area contributed by atoms with Gasteiger partial charge >= 0.3 is 0 Å². The number of likely N-dealkylation sites (N-methyl/N-ethyl adjacent to an activating group) is 1. The first-order chi connectivity index (χ1) is 12.2. The van der Waals surface area contributed by atoms with Crippen molar-refractivity contribution in [1.82, 2.24) is 9.80 Å². The second-order valence-electron chi connectivity index (χ2n) is 8.38. The van der Waals surface area contributed by atoms with Crippen molar-refractivity contribution >= 4 is 5.91 Å². The van der Waals surface area contributed by atoms with E-state index in [-0.39, 0.29) is 11.0 Å². The predicted octanol–water partition coefficient (Wildman–Crippen LogP) is 3.05. The molecule has 0 aromatic heterocycles. The summed E-state index contributed by atoms with van der Waals surface area (Å²) in [4.78, 5) is 16.2. The van der Waals surface area contributed by atoms with Crippen LogP contribution in [0.3, 0.4) is 0 Å². The fraction of sp³-hybridized carbons (Fsp3) is 0.650. The molecule has 0 unspecified atom stereocenters. The smallest absolute Gasteiger partial charge is 0.256 e. The molecule has 2 aliphatic rings. The number of halogens is 2. The molecule has 26 heavy (non-hydrogen) atoms. The van der Waals surface area contributed by atoms with Gasteiger partial charge in [-0.15, -0.1) is 0 Å². The third-order valence-electron chi connectivity index (χ3n) is 6.12. The first-order valence-electron chi connectivity index (χ1n) is 9.34. The fourth-order valence-corrected chi connectivity index (χ4v) is 4.51. The van der Waals surface area contributed by atoms with Crippen molar-refractivity contribution in [2.75, 3.05) is 33.7 Å². The highest BCUT2D eigenvalue weighted by Crippen LogP contribution is 2.47. The van der Waals surface area contributed by atoms with E-state index >= 15 is 0 Å². The fourth-order valence-electron chi connectivity index (χ4n) is 4.51. The van der Waals surface area contributed by atoms with E-state index in [0.717, 1.165) is 56.7 Å². The summed E-state index contributed by atoms with van der Waals surface area (Å²) in [7, 11) is 3.94. The Balaban J connectivity index is 1.59. The average Bonchev–Trinajstić information content (AvgIpc) is 2.60. The topological polar surface area (TPSA) is 43.8 Å². The minimum Gasteiger partial charge on any atom is -0.389 e. The van der Waals surface area contributed by atoms with Gasteiger partial charge in [0.25, 0.3) is 5.91 Å². The Labute approximate surface area is 153 Å². The average molecular weight is 366 g/mol. The number of carbonyl (C=O) groups is 1. The minimum absolute atomic E-state index is 0.163. The molecule has 1 aromatic carbocycles. The van der Waals surface area contributed by atoms with Crippen molar-refractivity contribution < 1.29 is 18.7 Å². The standard InChI is InChI=1S/C20H28F2N2O2/c1-23(2)14-20(26)7-5-19(6-8-20)9-11-24(12-10-19)18(25)16-13-15(21)3-4-17(16)22/h3-4,13,26H,5-12,14H2,1-2H3. The Bertz CT molecular complexity index is 660. The van der Waals surface area contributed by atoms with Crippen LogP contribution in [0.25, 0.3) is 0 Å². The molecule has 1 spiro atoms. The normalized spacial score (nSPS) is 22.0. The molecule has 0 bridgehead atoms. The lowest BCUT2D eigenvalue weighted by Crippen LogP contribution is -2.49. The van der Waals surface area contributed by atoms with Crippen LogP contribution in [-0.4, -0.2) is 60.1 Å². The summed E-state index contributed by atoms with van der Waals surface area (Å²) in [6, 6.07) is 3.00. The number of rotatable bonds is 3. The molecule has 1 saturated heterocycles. The highest BCUT2D eigenvalue weighted by molar-refractivity contribution is 5.94. The van der Waals surface area contributed by atoms with E-state index in [1.54, 1.807) is 4.90 Å². The van der Waals surface area contributed by atoms with Crippen molar-refractivity contribution in [2.45, 2.75) is 44.1 Å². The van der Waals surface area contributed by atoms with Crippen LogP contribution in [-0.2, 0) is 0 Å². The Hall–Kier alpha value is -1.53. The SMILES string of the molecule is CN(C)CC1(O)CCC2(CCN(C(=O)c3cc(F)ccc3F)CC2)CC1. The molecule has 6 heteroatoms. The summed E-state index contributed by atoms with van der Waals surface area (Å²) in [5.74, 6) is -1.71. The van der Waals surface area contributed by atoms with Gasteiger partial charge in [-0.25, -0.2) is 8.78 Å². The van der Waals surface area contributed by atoms with Gasteiger partial charge in [-0.1, -0.05) is 0 Å². The Morgan fingerprint density at radius 3 is 2.31 bits per heavy atom. The molecule has 1 aliphatic heterocycles. The van der Waals surface area contributed by atoms with E-state index in [1.807, 2.05) is 19.0 Å². The van der Waals surface area contributed by atoms with Gasteiger partial charge in [0.15, 0.2) is 0 Å². The first kappa shape index (κ1) is 19.2. The van der Waals surface area contributed by atoms with Gasteiger partial charge < -0.3 is 14.9 Å². The minimum atomic E-state index is -0.678. The van der Waals surface area contributed by atoms with Gasteiger partial charge in [-0.05, 0) is 76.2 Å². The molecule has 0 radical (unpaired) electrons. The summed E-state index contributed by atoms with van der Waals surface area (Å²) in [5.41, 5.74) is -0.646. The maximum atomic E-state index is 13.9. The zero-order valence-electron chi connectivity index (χ0n) is 15.6. The molecule has 1 amide bonds. The van der Waals surface area contributed by atoms with E-state index in [2.05, 4.69) is 0 Å². The number of hydrogen-bond acceptors (Lipinski definition) is 3. The molecule has 3 rings (SSSR count). The van der Waals surface area contributed by atoms with Gasteiger partial charge in [0.05, 0.1) is 11.2 Å². The van der Waals surface area contributed by atoms with Crippen molar-refractivity contribution in [3.63, 3.8) is 0 Å². The summed E-state index contributed by atoms with van der Waals surface area (Å²) in [5, 5.41) is 10.7. The molecule has 4 nitrogen and oxygen atoms in total. The summed E-state index contributed by atoms with van der Waals surface area (Å²) in [6.45, 7) is 1.79. The molecule has 0 atom stereocenters. The molecule has 2 fully saturated rings. The van der Waals surface area contributed by atoms with Gasteiger partial charge in [-0.3, -0.25) is 4.79 Å². The lowest BCUT2D eigenvalue weighted by molar-refractivity contribution is -0.0616. The molecule has 1 saturated carbocycles. The molecular formula is C20H28F2N2O2. The predicted molar refractivity (Wildman–Crippen MR) is 95.9 cm³/mol. The monoisotopic (exact) mass is 366 g/mol. The lowest BCUT2D eigenvalue weighted by Gasteiger charge is -2.48. The number of hydrogen-bond donors (Lipinski definition) is 1. The Morgan fingerprint density at radius 1 is 1.12 bits per heavy atom. The number of likely N-dealkylation sites (tertiary alicyclic amines) is 1. The maximum absolute atomic E-state index is 13.9. The Morgan fingerprint density at radius 2 is 1.73 bits per heavy atom. The highest BCUT2D eigenvalue weighted by Gasteiger charge is 2.44. The quantitative estimate of drug-likeness (QED) is 0.894. The highest BCUT2D eigenvalue weighted by atomic mass is 19.1. The van der Waals surface area contributed by atoms with E-state index < -0.39 is 23.1 Å². The van der Waals surface area contributed by atoms with E-state index in [0.29, 0.717) is 19.6 Å². The van der Waals surface area contributed by atoms with Crippen LogP contribution < -0.4 is 0 Å². The number of aliphatic hydroxyl groups is 1. The Kier molecular flexibility index (Phi) is 5.35. The summed E-state index contributed by atoms with van der Waals surface area (Å²) < 4.78 is 27.2. The zero-order valence-corrected chi connectivity index (χ0v) is 15.6. The van der Waals surface area contributed by atoms with E-state index in [1.165, 1.54) is 0 Å². The largest absolute Gasteiger partial charge is 0.389 e. The molecule has 1 heterocycles. The second-order valence-corrected chi connectivity index (χ2v) is 8.38. The van der Waals surface area contributed by atoms with Crippen LogP contribution >= 0.6 is 0 Å². The van der Waals surface area contributed by atoms with Crippen LogP contribution in [0.15, 0.2) is 18.2 Å². The third-order valence-corrected chi connectivity index (χ3v) is 6.12. The second kappa shape index (κ2) is 7.24. The van der Waals surface area contributed by atoms with Gasteiger partial charge in [0, 0.05) is 19.6 Å². The van der Waals surface area contributed by atoms with E-state index in [4.69, 9.17) is 0 Å².